The first kappa shape index (κ1) is 29.7. The summed E-state index contributed by atoms with van der Waals surface area (Å²) in [6.45, 7) is 0. The minimum absolute atomic E-state index is 1.11. The fourth-order valence-electron chi connectivity index (χ4n) is 8.83. The molecule has 11 rings (SSSR count). The largest absolute Gasteiger partial charge is 0.309 e. The Balaban J connectivity index is 1.08. The maximum atomic E-state index is 2.42. The molecule has 2 aliphatic rings. The lowest BCUT2D eigenvalue weighted by molar-refractivity contribution is 1.30. The van der Waals surface area contributed by atoms with E-state index in [0.717, 1.165) is 17.1 Å². The Hall–Kier alpha value is -6.96. The standard InChI is InChI=1S/C52H33N/c1-2-13-35(14-3-1)39-18-8-9-25-49(39)53(50-26-10-16-36-15-4-5-17-40(36)50)38-30-27-34(28-31-38)37-29-32-42-45-22-12-23-46-47-24-11-21-44(52(47)48(42)33-37)41-19-6-7-20-43(41)51(45)46/h1-33H. The van der Waals surface area contributed by atoms with Crippen LogP contribution in [0.25, 0.3) is 88.7 Å². The van der Waals surface area contributed by atoms with E-state index in [0.29, 0.717) is 0 Å². The first-order chi connectivity index (χ1) is 26.3. The molecule has 0 saturated heterocycles. The lowest BCUT2D eigenvalue weighted by atomic mass is 9.83. The van der Waals surface area contributed by atoms with Gasteiger partial charge in [-0.1, -0.05) is 170 Å². The molecule has 0 radical (unpaired) electrons. The molecule has 6 bridgehead atoms. The van der Waals surface area contributed by atoms with Gasteiger partial charge in [-0.2, -0.15) is 0 Å². The molecule has 0 N–H and O–H groups in total. The molecule has 0 spiro atoms. The second kappa shape index (κ2) is 11.8. The van der Waals surface area contributed by atoms with Crippen molar-refractivity contribution in [1.82, 2.24) is 0 Å². The monoisotopic (exact) mass is 671 g/mol. The topological polar surface area (TPSA) is 3.24 Å². The van der Waals surface area contributed by atoms with Crippen LogP contribution in [-0.2, 0) is 0 Å². The molecule has 0 heterocycles. The first-order valence-corrected chi connectivity index (χ1v) is 18.4. The molecule has 0 atom stereocenters. The molecular weight excluding hydrogens is 639 g/mol. The second-order valence-electron chi connectivity index (χ2n) is 14.0. The third-order valence-electron chi connectivity index (χ3n) is 11.2. The molecule has 0 aromatic heterocycles. The van der Waals surface area contributed by atoms with E-state index in [1.807, 2.05) is 0 Å². The highest BCUT2D eigenvalue weighted by molar-refractivity contribution is 6.15. The number of rotatable bonds is 5. The predicted octanol–water partition coefficient (Wildman–Crippen LogP) is 14.6. The van der Waals surface area contributed by atoms with Gasteiger partial charge in [0.2, 0.25) is 0 Å². The van der Waals surface area contributed by atoms with E-state index in [1.165, 1.54) is 88.7 Å². The lowest BCUT2D eigenvalue weighted by Crippen LogP contribution is -2.11. The normalized spacial score (nSPS) is 11.8. The minimum atomic E-state index is 1.11. The summed E-state index contributed by atoms with van der Waals surface area (Å²) in [4.78, 5) is 2.42. The van der Waals surface area contributed by atoms with Crippen molar-refractivity contribution in [3.8, 4) is 77.9 Å². The second-order valence-corrected chi connectivity index (χ2v) is 14.0. The zero-order valence-corrected chi connectivity index (χ0v) is 29.0. The third kappa shape index (κ3) is 4.58. The summed E-state index contributed by atoms with van der Waals surface area (Å²) < 4.78 is 0. The molecule has 9 aromatic carbocycles. The number of hydrogen-bond acceptors (Lipinski definition) is 1. The summed E-state index contributed by atoms with van der Waals surface area (Å²) in [6, 6.07) is 73.5. The average Bonchev–Trinajstić information content (AvgIpc) is 3.34. The van der Waals surface area contributed by atoms with Gasteiger partial charge in [0, 0.05) is 16.6 Å². The van der Waals surface area contributed by atoms with Crippen LogP contribution in [0.4, 0.5) is 17.1 Å². The quantitative estimate of drug-likeness (QED) is 0.176. The van der Waals surface area contributed by atoms with Crippen LogP contribution in [0.3, 0.4) is 0 Å². The molecule has 2 aliphatic carbocycles. The summed E-state index contributed by atoms with van der Waals surface area (Å²) in [7, 11) is 0. The van der Waals surface area contributed by atoms with Crippen LogP contribution in [0.2, 0.25) is 0 Å². The molecule has 9 aromatic rings. The van der Waals surface area contributed by atoms with E-state index in [4.69, 9.17) is 0 Å². The third-order valence-corrected chi connectivity index (χ3v) is 11.2. The van der Waals surface area contributed by atoms with E-state index in [9.17, 15) is 0 Å². The van der Waals surface area contributed by atoms with Crippen LogP contribution in [0.15, 0.2) is 200 Å². The Morgan fingerprint density at radius 3 is 1.55 bits per heavy atom. The van der Waals surface area contributed by atoms with Crippen LogP contribution >= 0.6 is 0 Å². The van der Waals surface area contributed by atoms with E-state index in [1.54, 1.807) is 0 Å². The minimum Gasteiger partial charge on any atom is -0.309 e. The molecule has 53 heavy (non-hydrogen) atoms. The fraction of sp³-hybridized carbons (Fsp3) is 0. The van der Waals surface area contributed by atoms with Crippen molar-refractivity contribution in [3.05, 3.63) is 200 Å². The van der Waals surface area contributed by atoms with Gasteiger partial charge in [0.15, 0.2) is 0 Å². The van der Waals surface area contributed by atoms with Crippen molar-refractivity contribution >= 4 is 27.8 Å². The molecule has 246 valence electrons. The van der Waals surface area contributed by atoms with Crippen molar-refractivity contribution in [1.29, 1.82) is 0 Å². The van der Waals surface area contributed by atoms with Gasteiger partial charge in [0.05, 0.1) is 11.4 Å². The Morgan fingerprint density at radius 1 is 0.264 bits per heavy atom. The highest BCUT2D eigenvalue weighted by atomic mass is 15.1. The van der Waals surface area contributed by atoms with E-state index < -0.39 is 0 Å². The smallest absolute Gasteiger partial charge is 0.0540 e. The Kier molecular flexibility index (Phi) is 6.62. The molecule has 0 unspecified atom stereocenters. The van der Waals surface area contributed by atoms with Gasteiger partial charge in [-0.3, -0.25) is 0 Å². The van der Waals surface area contributed by atoms with Crippen LogP contribution < -0.4 is 4.90 Å². The summed E-state index contributed by atoms with van der Waals surface area (Å²) >= 11 is 0. The maximum Gasteiger partial charge on any atom is 0.0540 e. The zero-order chi connectivity index (χ0) is 34.9. The average molecular weight is 672 g/mol. The number of benzene rings is 9. The molecule has 0 fully saturated rings. The molecule has 0 amide bonds. The Morgan fingerprint density at radius 2 is 0.774 bits per heavy atom. The van der Waals surface area contributed by atoms with Crippen molar-refractivity contribution in [3.63, 3.8) is 0 Å². The van der Waals surface area contributed by atoms with Crippen molar-refractivity contribution in [2.45, 2.75) is 0 Å². The van der Waals surface area contributed by atoms with Crippen molar-refractivity contribution in [2.75, 3.05) is 4.90 Å². The van der Waals surface area contributed by atoms with Gasteiger partial charge in [-0.15, -0.1) is 0 Å². The molecular formula is C52H33N. The zero-order valence-electron chi connectivity index (χ0n) is 29.0. The number of anilines is 3. The number of nitrogens with zero attached hydrogens (tertiary/aromatic N) is 1. The SMILES string of the molecule is c1ccc(-c2ccccc2N(c2ccc(-c3ccc4c(c3)-c3c5cccc3-c3cccc-4c3-c3ccccc3-5)cc2)c2cccc3ccccc23)cc1. The van der Waals surface area contributed by atoms with Crippen LogP contribution in [0.5, 0.6) is 0 Å². The predicted molar refractivity (Wildman–Crippen MR) is 224 cm³/mol. The van der Waals surface area contributed by atoms with Gasteiger partial charge in [-0.25, -0.2) is 0 Å². The summed E-state index contributed by atoms with van der Waals surface area (Å²) in [5, 5.41) is 2.44. The summed E-state index contributed by atoms with van der Waals surface area (Å²) in [6.07, 6.45) is 0. The lowest BCUT2D eigenvalue weighted by Gasteiger charge is -2.29. The van der Waals surface area contributed by atoms with Crippen LogP contribution in [-0.4, -0.2) is 0 Å². The van der Waals surface area contributed by atoms with Gasteiger partial charge >= 0.3 is 0 Å². The maximum absolute atomic E-state index is 2.42. The molecule has 1 nitrogen and oxygen atoms in total. The number of fused-ring (bicyclic) bond motifs is 5. The molecule has 0 aliphatic heterocycles. The van der Waals surface area contributed by atoms with Gasteiger partial charge in [0.1, 0.15) is 0 Å². The Bertz CT molecular complexity index is 2850. The van der Waals surface area contributed by atoms with E-state index in [-0.39, 0.29) is 0 Å². The highest BCUT2D eigenvalue weighted by Crippen LogP contribution is 2.57. The molecule has 1 heteroatoms. The fourth-order valence-corrected chi connectivity index (χ4v) is 8.83. The van der Waals surface area contributed by atoms with Gasteiger partial charge in [-0.05, 0) is 108 Å². The van der Waals surface area contributed by atoms with Gasteiger partial charge < -0.3 is 4.90 Å². The van der Waals surface area contributed by atoms with Crippen molar-refractivity contribution in [2.24, 2.45) is 0 Å². The van der Waals surface area contributed by atoms with Gasteiger partial charge in [0.25, 0.3) is 0 Å². The summed E-state index contributed by atoms with van der Waals surface area (Å²) in [5.41, 5.74) is 21.3. The van der Waals surface area contributed by atoms with Crippen LogP contribution in [0.1, 0.15) is 0 Å². The van der Waals surface area contributed by atoms with E-state index in [2.05, 4.69) is 205 Å². The number of para-hydroxylation sites is 1. The summed E-state index contributed by atoms with van der Waals surface area (Å²) in [5.74, 6) is 0. The highest BCUT2D eigenvalue weighted by Gasteiger charge is 2.30. The van der Waals surface area contributed by atoms with Crippen molar-refractivity contribution < 1.29 is 0 Å². The first-order valence-electron chi connectivity index (χ1n) is 18.4. The Labute approximate surface area is 309 Å². The van der Waals surface area contributed by atoms with Crippen LogP contribution in [0, 0.1) is 0 Å². The molecule has 0 saturated carbocycles. The number of hydrogen-bond donors (Lipinski definition) is 0. The van der Waals surface area contributed by atoms with E-state index >= 15 is 0 Å².